The van der Waals surface area contributed by atoms with Crippen molar-refractivity contribution < 1.29 is 9.26 Å². The van der Waals surface area contributed by atoms with Crippen molar-refractivity contribution >= 4 is 15.9 Å². The van der Waals surface area contributed by atoms with Gasteiger partial charge in [0, 0.05) is 23.7 Å². The minimum Gasteiger partial charge on any atom is -0.383 e. The molecule has 0 aliphatic heterocycles. The van der Waals surface area contributed by atoms with Crippen LogP contribution >= 0.6 is 15.9 Å². The van der Waals surface area contributed by atoms with Crippen LogP contribution in [0.15, 0.2) is 33.3 Å². The van der Waals surface area contributed by atoms with E-state index in [1.54, 1.807) is 7.11 Å². The molecule has 0 aliphatic rings. The Balaban J connectivity index is 1.97. The zero-order valence-corrected chi connectivity index (χ0v) is 11.6. The van der Waals surface area contributed by atoms with E-state index in [2.05, 4.69) is 31.4 Å². The number of nitrogens with one attached hydrogen (secondary N) is 1. The summed E-state index contributed by atoms with van der Waals surface area (Å²) in [5.41, 5.74) is 0.927. The van der Waals surface area contributed by atoms with Crippen LogP contribution in [0.2, 0.25) is 0 Å². The van der Waals surface area contributed by atoms with Crippen LogP contribution < -0.4 is 5.32 Å². The Hall–Kier alpha value is -1.24. The monoisotopic (exact) mass is 311 g/mol. The van der Waals surface area contributed by atoms with Crippen LogP contribution in [0.5, 0.6) is 0 Å². The molecule has 0 radical (unpaired) electrons. The second-order valence-corrected chi connectivity index (χ2v) is 4.61. The zero-order chi connectivity index (χ0) is 12.8. The van der Waals surface area contributed by atoms with Crippen molar-refractivity contribution in [2.45, 2.75) is 6.54 Å². The molecule has 6 heteroatoms. The molecule has 0 saturated carbocycles. The maximum atomic E-state index is 5.16. The fourth-order valence-corrected chi connectivity index (χ4v) is 1.84. The van der Waals surface area contributed by atoms with Crippen LogP contribution in [0, 0.1) is 0 Å². The van der Waals surface area contributed by atoms with E-state index >= 15 is 0 Å². The second kappa shape index (κ2) is 6.63. The standard InChI is InChI=1S/C12H14BrN3O2/c1-17-6-5-14-8-11-15-12(16-18-11)9-3-2-4-10(13)7-9/h2-4,7,14H,5-6,8H2,1H3. The molecule has 0 saturated heterocycles. The largest absolute Gasteiger partial charge is 0.383 e. The lowest BCUT2D eigenvalue weighted by Crippen LogP contribution is -2.18. The highest BCUT2D eigenvalue weighted by Gasteiger charge is 2.08. The minimum absolute atomic E-state index is 0.546. The number of nitrogens with zero attached hydrogens (tertiary/aromatic N) is 2. The molecular weight excluding hydrogens is 298 g/mol. The van der Waals surface area contributed by atoms with Gasteiger partial charge in [0.05, 0.1) is 13.2 Å². The van der Waals surface area contributed by atoms with Crippen molar-refractivity contribution in [2.24, 2.45) is 0 Å². The second-order valence-electron chi connectivity index (χ2n) is 3.69. The Labute approximate surface area is 114 Å². The van der Waals surface area contributed by atoms with E-state index in [-0.39, 0.29) is 0 Å². The third-order valence-electron chi connectivity index (χ3n) is 2.31. The molecule has 0 fully saturated rings. The van der Waals surface area contributed by atoms with Crippen molar-refractivity contribution in [3.8, 4) is 11.4 Å². The normalized spacial score (nSPS) is 10.8. The van der Waals surface area contributed by atoms with Gasteiger partial charge in [-0.3, -0.25) is 0 Å². The van der Waals surface area contributed by atoms with E-state index in [4.69, 9.17) is 9.26 Å². The van der Waals surface area contributed by atoms with Crippen LogP contribution in [0.3, 0.4) is 0 Å². The highest BCUT2D eigenvalue weighted by Crippen LogP contribution is 2.20. The van der Waals surface area contributed by atoms with Crippen LogP contribution in [0.4, 0.5) is 0 Å². The van der Waals surface area contributed by atoms with Gasteiger partial charge in [0.1, 0.15) is 0 Å². The number of ether oxygens (including phenoxy) is 1. The summed E-state index contributed by atoms with van der Waals surface area (Å²) in [5.74, 6) is 1.17. The average molecular weight is 312 g/mol. The molecule has 0 spiro atoms. The van der Waals surface area contributed by atoms with Gasteiger partial charge in [-0.05, 0) is 12.1 Å². The molecule has 5 nitrogen and oxygen atoms in total. The van der Waals surface area contributed by atoms with E-state index in [0.717, 1.165) is 16.6 Å². The molecule has 0 bridgehead atoms. The highest BCUT2D eigenvalue weighted by atomic mass is 79.9. The molecular formula is C12H14BrN3O2. The van der Waals surface area contributed by atoms with Crippen molar-refractivity contribution in [1.82, 2.24) is 15.5 Å². The summed E-state index contributed by atoms with van der Waals surface area (Å²) in [7, 11) is 1.67. The lowest BCUT2D eigenvalue weighted by atomic mass is 10.2. The van der Waals surface area contributed by atoms with Crippen LogP contribution in [-0.4, -0.2) is 30.4 Å². The smallest absolute Gasteiger partial charge is 0.240 e. The molecule has 1 aromatic carbocycles. The molecule has 0 amide bonds. The third-order valence-corrected chi connectivity index (χ3v) is 2.80. The predicted molar refractivity (Wildman–Crippen MR) is 71.0 cm³/mol. The van der Waals surface area contributed by atoms with Gasteiger partial charge in [-0.1, -0.05) is 33.2 Å². The zero-order valence-electron chi connectivity index (χ0n) is 10.0. The quantitative estimate of drug-likeness (QED) is 0.829. The number of hydrogen-bond acceptors (Lipinski definition) is 5. The molecule has 1 N–H and O–H groups in total. The summed E-state index contributed by atoms with van der Waals surface area (Å²) >= 11 is 3.41. The molecule has 2 rings (SSSR count). The Kier molecular flexibility index (Phi) is 4.86. The van der Waals surface area contributed by atoms with E-state index in [1.807, 2.05) is 24.3 Å². The van der Waals surface area contributed by atoms with Crippen molar-refractivity contribution in [3.63, 3.8) is 0 Å². The van der Waals surface area contributed by atoms with E-state index in [1.165, 1.54) is 0 Å². The van der Waals surface area contributed by atoms with Gasteiger partial charge in [-0.2, -0.15) is 4.98 Å². The van der Waals surface area contributed by atoms with Crippen LogP contribution in [0.25, 0.3) is 11.4 Å². The first-order valence-corrected chi connectivity index (χ1v) is 6.37. The van der Waals surface area contributed by atoms with Gasteiger partial charge >= 0.3 is 0 Å². The van der Waals surface area contributed by atoms with Gasteiger partial charge in [0.15, 0.2) is 0 Å². The maximum absolute atomic E-state index is 5.16. The Morgan fingerprint density at radius 2 is 2.33 bits per heavy atom. The summed E-state index contributed by atoms with van der Waals surface area (Å²) in [6.07, 6.45) is 0. The summed E-state index contributed by atoms with van der Waals surface area (Å²) in [4.78, 5) is 4.32. The molecule has 18 heavy (non-hydrogen) atoms. The van der Waals surface area contributed by atoms with Gasteiger partial charge < -0.3 is 14.6 Å². The molecule has 2 aromatic rings. The highest BCUT2D eigenvalue weighted by molar-refractivity contribution is 9.10. The predicted octanol–water partition coefficient (Wildman–Crippen LogP) is 2.24. The van der Waals surface area contributed by atoms with Gasteiger partial charge in [-0.25, -0.2) is 0 Å². The minimum atomic E-state index is 0.546. The summed E-state index contributed by atoms with van der Waals surface area (Å²) in [6, 6.07) is 7.79. The number of aromatic nitrogens is 2. The van der Waals surface area contributed by atoms with Crippen molar-refractivity contribution in [2.75, 3.05) is 20.3 Å². The molecule has 1 heterocycles. The molecule has 0 atom stereocenters. The lowest BCUT2D eigenvalue weighted by molar-refractivity contribution is 0.197. The topological polar surface area (TPSA) is 60.2 Å². The Morgan fingerprint density at radius 1 is 1.44 bits per heavy atom. The molecule has 96 valence electrons. The van der Waals surface area contributed by atoms with Gasteiger partial charge in [0.2, 0.25) is 11.7 Å². The number of benzene rings is 1. The van der Waals surface area contributed by atoms with Crippen LogP contribution in [0.1, 0.15) is 5.89 Å². The summed E-state index contributed by atoms with van der Waals surface area (Å²) in [5, 5.41) is 7.10. The molecule has 1 aromatic heterocycles. The first-order valence-electron chi connectivity index (χ1n) is 5.58. The Morgan fingerprint density at radius 3 is 3.11 bits per heavy atom. The molecule has 0 aliphatic carbocycles. The number of halogens is 1. The summed E-state index contributed by atoms with van der Waals surface area (Å²) < 4.78 is 11.1. The number of rotatable bonds is 6. The SMILES string of the molecule is COCCNCc1nc(-c2cccc(Br)c2)no1. The van der Waals surface area contributed by atoms with E-state index < -0.39 is 0 Å². The van der Waals surface area contributed by atoms with Crippen molar-refractivity contribution in [3.05, 3.63) is 34.6 Å². The Bertz CT molecular complexity index is 502. The van der Waals surface area contributed by atoms with Gasteiger partial charge in [0.25, 0.3) is 0 Å². The third kappa shape index (κ3) is 3.63. The van der Waals surface area contributed by atoms with Gasteiger partial charge in [-0.15, -0.1) is 0 Å². The van der Waals surface area contributed by atoms with E-state index in [9.17, 15) is 0 Å². The lowest BCUT2D eigenvalue weighted by Gasteiger charge is -1.98. The first kappa shape index (κ1) is 13.2. The number of methoxy groups -OCH3 is 1. The fourth-order valence-electron chi connectivity index (χ4n) is 1.44. The number of hydrogen-bond donors (Lipinski definition) is 1. The summed E-state index contributed by atoms with van der Waals surface area (Å²) in [6.45, 7) is 1.96. The van der Waals surface area contributed by atoms with Crippen molar-refractivity contribution in [1.29, 1.82) is 0 Å². The fraction of sp³-hybridized carbons (Fsp3) is 0.333. The molecule has 0 unspecified atom stereocenters. The maximum Gasteiger partial charge on any atom is 0.240 e. The first-order chi connectivity index (χ1) is 8.79. The average Bonchev–Trinajstić information content (AvgIpc) is 2.83. The van der Waals surface area contributed by atoms with E-state index in [0.29, 0.717) is 24.9 Å². The van der Waals surface area contributed by atoms with Crippen LogP contribution in [-0.2, 0) is 11.3 Å².